The second-order valence-corrected chi connectivity index (χ2v) is 5.65. The van der Waals surface area contributed by atoms with E-state index in [4.69, 9.17) is 4.74 Å². The number of ether oxygens (including phenoxy) is 1. The molecule has 2 atom stereocenters. The van der Waals surface area contributed by atoms with Gasteiger partial charge >= 0.3 is 5.97 Å². The van der Waals surface area contributed by atoms with Crippen molar-refractivity contribution in [2.75, 3.05) is 27.2 Å². The van der Waals surface area contributed by atoms with E-state index >= 15 is 0 Å². The summed E-state index contributed by atoms with van der Waals surface area (Å²) in [6, 6.07) is 0. The Morgan fingerprint density at radius 1 is 1.40 bits per heavy atom. The van der Waals surface area contributed by atoms with Crippen LogP contribution in [0.1, 0.15) is 27.2 Å². The van der Waals surface area contributed by atoms with Crippen molar-refractivity contribution in [2.45, 2.75) is 27.2 Å². The second-order valence-electron chi connectivity index (χ2n) is 5.65. The molecule has 1 aliphatic heterocycles. The maximum Gasteiger partial charge on any atom is 0.310 e. The van der Waals surface area contributed by atoms with Crippen LogP contribution in [0.4, 0.5) is 0 Å². The largest absolute Gasteiger partial charge is 0.469 e. The van der Waals surface area contributed by atoms with Crippen LogP contribution >= 0.6 is 0 Å². The first-order chi connectivity index (χ1) is 6.86. The number of hydrogen-bond donors (Lipinski definition) is 0. The molecule has 3 heteroatoms. The van der Waals surface area contributed by atoms with E-state index in [1.165, 1.54) is 7.11 Å². The molecule has 1 saturated heterocycles. The second kappa shape index (κ2) is 4.52. The number of esters is 1. The summed E-state index contributed by atoms with van der Waals surface area (Å²) >= 11 is 0. The summed E-state index contributed by atoms with van der Waals surface area (Å²) in [6.07, 6.45) is 1.08. The molecule has 0 aromatic rings. The molecule has 0 aromatic carbocycles. The molecule has 1 fully saturated rings. The lowest BCUT2D eigenvalue weighted by Crippen LogP contribution is -2.46. The molecule has 0 aromatic heterocycles. The molecule has 0 bridgehead atoms. The molecule has 0 saturated carbocycles. The Balaban J connectivity index is 2.80. The van der Waals surface area contributed by atoms with Crippen LogP contribution in [0.2, 0.25) is 0 Å². The summed E-state index contributed by atoms with van der Waals surface area (Å²) in [6.45, 7) is 8.53. The summed E-state index contributed by atoms with van der Waals surface area (Å²) in [7, 11) is 3.55. The highest BCUT2D eigenvalue weighted by atomic mass is 16.5. The summed E-state index contributed by atoms with van der Waals surface area (Å²) in [5, 5.41) is 0. The fourth-order valence-electron chi connectivity index (χ4n) is 2.54. The first kappa shape index (κ1) is 12.5. The van der Waals surface area contributed by atoms with E-state index in [2.05, 4.69) is 32.7 Å². The minimum absolute atomic E-state index is 0.0359. The highest BCUT2D eigenvalue weighted by Crippen LogP contribution is 2.38. The van der Waals surface area contributed by atoms with E-state index in [-0.39, 0.29) is 17.3 Å². The van der Waals surface area contributed by atoms with E-state index in [0.29, 0.717) is 5.92 Å². The molecule has 3 nitrogen and oxygen atoms in total. The zero-order valence-corrected chi connectivity index (χ0v) is 10.5. The smallest absolute Gasteiger partial charge is 0.310 e. The Morgan fingerprint density at radius 3 is 2.47 bits per heavy atom. The minimum atomic E-state index is -0.0542. The summed E-state index contributed by atoms with van der Waals surface area (Å²) in [5.74, 6) is 0.413. The van der Waals surface area contributed by atoms with E-state index in [1.807, 2.05) is 0 Å². The molecular weight excluding hydrogens is 190 g/mol. The highest BCUT2D eigenvalue weighted by Gasteiger charge is 2.40. The molecule has 0 amide bonds. The zero-order chi connectivity index (χ0) is 11.6. The van der Waals surface area contributed by atoms with Crippen LogP contribution in [-0.2, 0) is 9.53 Å². The normalized spacial score (nSPS) is 28.9. The van der Waals surface area contributed by atoms with Crippen molar-refractivity contribution in [3.05, 3.63) is 0 Å². The molecule has 1 heterocycles. The van der Waals surface area contributed by atoms with Crippen molar-refractivity contribution in [3.8, 4) is 0 Å². The van der Waals surface area contributed by atoms with Gasteiger partial charge in [-0.05, 0) is 31.3 Å². The molecule has 0 radical (unpaired) electrons. The number of rotatable bonds is 1. The lowest BCUT2D eigenvalue weighted by molar-refractivity contribution is -0.152. The molecule has 15 heavy (non-hydrogen) atoms. The Bertz CT molecular complexity index is 232. The van der Waals surface area contributed by atoms with Gasteiger partial charge < -0.3 is 9.64 Å². The van der Waals surface area contributed by atoms with Gasteiger partial charge in [-0.2, -0.15) is 0 Å². The molecule has 0 spiro atoms. The van der Waals surface area contributed by atoms with Crippen molar-refractivity contribution in [1.82, 2.24) is 4.90 Å². The van der Waals surface area contributed by atoms with Crippen LogP contribution in [0.5, 0.6) is 0 Å². The Hall–Kier alpha value is -0.570. The topological polar surface area (TPSA) is 29.5 Å². The van der Waals surface area contributed by atoms with Crippen LogP contribution in [0.15, 0.2) is 0 Å². The van der Waals surface area contributed by atoms with E-state index in [9.17, 15) is 4.79 Å². The summed E-state index contributed by atoms with van der Waals surface area (Å²) < 4.78 is 4.90. The van der Waals surface area contributed by atoms with Crippen molar-refractivity contribution in [3.63, 3.8) is 0 Å². The highest BCUT2D eigenvalue weighted by molar-refractivity contribution is 5.73. The van der Waals surface area contributed by atoms with Gasteiger partial charge in [0.1, 0.15) is 0 Å². The van der Waals surface area contributed by atoms with Gasteiger partial charge in [0.25, 0.3) is 0 Å². The van der Waals surface area contributed by atoms with Gasteiger partial charge in [-0.3, -0.25) is 4.79 Å². The Morgan fingerprint density at radius 2 is 2.00 bits per heavy atom. The first-order valence-corrected chi connectivity index (χ1v) is 5.62. The number of likely N-dealkylation sites (tertiary alicyclic amines) is 1. The monoisotopic (exact) mass is 213 g/mol. The first-order valence-electron chi connectivity index (χ1n) is 5.62. The molecule has 0 N–H and O–H groups in total. The van der Waals surface area contributed by atoms with Crippen LogP contribution in [0, 0.1) is 17.3 Å². The van der Waals surface area contributed by atoms with Crippen molar-refractivity contribution in [2.24, 2.45) is 17.3 Å². The van der Waals surface area contributed by atoms with Crippen LogP contribution in [0.25, 0.3) is 0 Å². The number of hydrogen-bond acceptors (Lipinski definition) is 3. The number of carbonyl (C=O) groups is 1. The number of piperidine rings is 1. The van der Waals surface area contributed by atoms with Gasteiger partial charge in [-0.25, -0.2) is 0 Å². The Labute approximate surface area is 92.8 Å². The SMILES string of the molecule is COC(=O)C1CN(C)CCC1C(C)(C)C. The van der Waals surface area contributed by atoms with E-state index < -0.39 is 0 Å². The van der Waals surface area contributed by atoms with E-state index in [0.717, 1.165) is 19.5 Å². The van der Waals surface area contributed by atoms with Gasteiger partial charge in [-0.1, -0.05) is 20.8 Å². The standard InChI is InChI=1S/C12H23NO2/c1-12(2,3)10-6-7-13(4)8-9(10)11(14)15-5/h9-10H,6-8H2,1-5H3. The third-order valence-electron chi connectivity index (χ3n) is 3.43. The molecule has 1 rings (SSSR count). The summed E-state index contributed by atoms with van der Waals surface area (Å²) in [5.41, 5.74) is 0.181. The fourth-order valence-corrected chi connectivity index (χ4v) is 2.54. The number of nitrogens with zero attached hydrogens (tertiary/aromatic N) is 1. The van der Waals surface area contributed by atoms with Crippen LogP contribution in [-0.4, -0.2) is 38.1 Å². The maximum atomic E-state index is 11.7. The van der Waals surface area contributed by atoms with Crippen molar-refractivity contribution in [1.29, 1.82) is 0 Å². The van der Waals surface area contributed by atoms with Gasteiger partial charge in [-0.15, -0.1) is 0 Å². The van der Waals surface area contributed by atoms with Gasteiger partial charge in [0, 0.05) is 6.54 Å². The van der Waals surface area contributed by atoms with Crippen LogP contribution < -0.4 is 0 Å². The van der Waals surface area contributed by atoms with Crippen molar-refractivity contribution >= 4 is 5.97 Å². The fraction of sp³-hybridized carbons (Fsp3) is 0.917. The van der Waals surface area contributed by atoms with E-state index in [1.54, 1.807) is 0 Å². The zero-order valence-electron chi connectivity index (χ0n) is 10.5. The van der Waals surface area contributed by atoms with Crippen molar-refractivity contribution < 1.29 is 9.53 Å². The average molecular weight is 213 g/mol. The predicted octanol–water partition coefficient (Wildman–Crippen LogP) is 1.77. The van der Waals surface area contributed by atoms with Gasteiger partial charge in [0.2, 0.25) is 0 Å². The molecular formula is C12H23NO2. The maximum absolute atomic E-state index is 11.7. The number of carbonyl (C=O) groups excluding carboxylic acids is 1. The average Bonchev–Trinajstić information content (AvgIpc) is 2.14. The van der Waals surface area contributed by atoms with Gasteiger partial charge in [0.15, 0.2) is 0 Å². The predicted molar refractivity (Wildman–Crippen MR) is 60.6 cm³/mol. The molecule has 0 aliphatic carbocycles. The van der Waals surface area contributed by atoms with Gasteiger partial charge in [0.05, 0.1) is 13.0 Å². The minimum Gasteiger partial charge on any atom is -0.469 e. The summed E-state index contributed by atoms with van der Waals surface area (Å²) in [4.78, 5) is 13.9. The quantitative estimate of drug-likeness (QED) is 0.622. The molecule has 1 aliphatic rings. The third-order valence-corrected chi connectivity index (χ3v) is 3.43. The third kappa shape index (κ3) is 2.94. The number of methoxy groups -OCH3 is 1. The molecule has 2 unspecified atom stereocenters. The van der Waals surface area contributed by atoms with Crippen LogP contribution in [0.3, 0.4) is 0 Å². The molecule has 88 valence electrons. The lowest BCUT2D eigenvalue weighted by Gasteiger charge is -2.42. The lowest BCUT2D eigenvalue weighted by atomic mass is 9.69. The Kier molecular flexibility index (Phi) is 3.77.